The maximum Gasteiger partial charge on any atom is 0.269 e. The van der Waals surface area contributed by atoms with Crippen LogP contribution in [-0.4, -0.2) is 21.4 Å². The summed E-state index contributed by atoms with van der Waals surface area (Å²) in [5, 5.41) is 0. The van der Waals surface area contributed by atoms with E-state index in [1.54, 1.807) is 30.5 Å². The van der Waals surface area contributed by atoms with Crippen LogP contribution in [0.2, 0.25) is 0 Å². The Hall–Kier alpha value is -2.83. The molecule has 0 radical (unpaired) electrons. The monoisotopic (exact) mass is 408 g/mol. The highest BCUT2D eigenvalue weighted by atomic mass is 16.5. The van der Waals surface area contributed by atoms with E-state index in [0.29, 0.717) is 35.7 Å². The van der Waals surface area contributed by atoms with Crippen molar-refractivity contribution in [2.75, 3.05) is 0 Å². The van der Waals surface area contributed by atoms with E-state index in [2.05, 4.69) is 15.8 Å². The Labute approximate surface area is 176 Å². The molecule has 2 aromatic rings. The number of amides is 2. The Kier molecular flexibility index (Phi) is 4.76. The van der Waals surface area contributed by atoms with Crippen LogP contribution >= 0.6 is 0 Å². The number of carbonyl (C=O) groups excluding carboxylic acids is 2. The second-order valence-corrected chi connectivity index (χ2v) is 9.37. The number of aryl methyl sites for hydroxylation is 1. The van der Waals surface area contributed by atoms with Crippen LogP contribution < -0.4 is 15.6 Å². The third-order valence-electron chi connectivity index (χ3n) is 7.21. The van der Waals surface area contributed by atoms with Crippen molar-refractivity contribution in [3.05, 3.63) is 48.0 Å². The van der Waals surface area contributed by atoms with E-state index in [0.717, 1.165) is 25.1 Å². The number of carbonyl (C=O) groups is 2. The molecule has 0 atom stereocenters. The molecule has 2 amide bonds. The van der Waals surface area contributed by atoms with E-state index in [-0.39, 0.29) is 17.2 Å². The van der Waals surface area contributed by atoms with Crippen LogP contribution in [0.1, 0.15) is 54.7 Å². The van der Waals surface area contributed by atoms with Crippen molar-refractivity contribution >= 4 is 11.8 Å². The molecule has 30 heavy (non-hydrogen) atoms. The lowest BCUT2D eigenvalue weighted by Gasteiger charge is -2.55. The van der Waals surface area contributed by atoms with E-state index in [1.807, 2.05) is 17.8 Å². The number of hydrogen-bond acceptors (Lipinski definition) is 4. The number of ether oxygens (including phenoxy) is 1. The first-order valence-electron chi connectivity index (χ1n) is 10.8. The predicted molar refractivity (Wildman–Crippen MR) is 110 cm³/mol. The van der Waals surface area contributed by atoms with Crippen molar-refractivity contribution in [2.45, 2.75) is 45.1 Å². The molecular formula is C23H28N4O3. The van der Waals surface area contributed by atoms with Gasteiger partial charge in [-0.3, -0.25) is 20.4 Å². The molecule has 1 aromatic heterocycles. The van der Waals surface area contributed by atoms with E-state index in [1.165, 1.54) is 19.3 Å². The minimum Gasteiger partial charge on any atom is -0.486 e. The first-order valence-corrected chi connectivity index (χ1v) is 10.8. The second kappa shape index (κ2) is 7.45. The average Bonchev–Trinajstić information content (AvgIpc) is 3.14. The summed E-state index contributed by atoms with van der Waals surface area (Å²) in [6.07, 6.45) is 10.4. The lowest BCUT2D eigenvalue weighted by molar-refractivity contribution is -0.147. The lowest BCUT2D eigenvalue weighted by atomic mass is 9.49. The number of hydrazine groups is 1. The van der Waals surface area contributed by atoms with Gasteiger partial charge in [-0.2, -0.15) is 0 Å². The zero-order valence-electron chi connectivity index (χ0n) is 17.3. The third-order valence-corrected chi connectivity index (χ3v) is 7.21. The van der Waals surface area contributed by atoms with E-state index in [4.69, 9.17) is 4.74 Å². The molecule has 7 nitrogen and oxygen atoms in total. The fourth-order valence-electron chi connectivity index (χ4n) is 6.09. The molecule has 4 bridgehead atoms. The molecule has 1 aromatic carbocycles. The highest BCUT2D eigenvalue weighted by Gasteiger charge is 2.54. The number of aromatic nitrogens is 2. The minimum atomic E-state index is -0.316. The Balaban J connectivity index is 1.15. The molecule has 4 fully saturated rings. The second-order valence-electron chi connectivity index (χ2n) is 9.37. The molecule has 0 aliphatic heterocycles. The molecule has 1 heterocycles. The first kappa shape index (κ1) is 19.2. The smallest absolute Gasteiger partial charge is 0.269 e. The summed E-state index contributed by atoms with van der Waals surface area (Å²) in [5.41, 5.74) is 5.54. The highest BCUT2D eigenvalue weighted by Crippen LogP contribution is 2.60. The van der Waals surface area contributed by atoms with Crippen LogP contribution in [0, 0.1) is 23.2 Å². The van der Waals surface area contributed by atoms with Gasteiger partial charge in [-0.1, -0.05) is 0 Å². The number of rotatable bonds is 5. The van der Waals surface area contributed by atoms with E-state index < -0.39 is 0 Å². The quantitative estimate of drug-likeness (QED) is 0.745. The standard InChI is InChI=1S/C23H28N4O3/c1-27-7-6-24-20(27)14-30-19-4-2-18(3-5-19)21(28)25-26-22(29)23-11-15-8-16(12-23)10-17(9-15)13-23/h2-7,15-17H,8-14H2,1H3,(H,25,28)(H,26,29). The largest absolute Gasteiger partial charge is 0.486 e. The maximum absolute atomic E-state index is 13.0. The number of nitrogens with zero attached hydrogens (tertiary/aromatic N) is 2. The van der Waals surface area contributed by atoms with Crippen molar-refractivity contribution < 1.29 is 14.3 Å². The van der Waals surface area contributed by atoms with Crippen molar-refractivity contribution in [3.8, 4) is 5.75 Å². The van der Waals surface area contributed by atoms with Crippen LogP contribution in [0.15, 0.2) is 36.7 Å². The van der Waals surface area contributed by atoms with Gasteiger partial charge in [0.1, 0.15) is 18.2 Å². The molecule has 4 aliphatic carbocycles. The fraction of sp³-hybridized carbons (Fsp3) is 0.522. The number of benzene rings is 1. The van der Waals surface area contributed by atoms with Crippen molar-refractivity contribution in [1.82, 2.24) is 20.4 Å². The van der Waals surface area contributed by atoms with Crippen LogP contribution in [0.4, 0.5) is 0 Å². The van der Waals surface area contributed by atoms with Gasteiger partial charge >= 0.3 is 0 Å². The summed E-state index contributed by atoms with van der Waals surface area (Å²) in [6, 6.07) is 6.89. The van der Waals surface area contributed by atoms with Crippen LogP contribution in [-0.2, 0) is 18.4 Å². The zero-order chi connectivity index (χ0) is 20.7. The molecule has 4 aliphatic rings. The Morgan fingerprint density at radius 3 is 2.27 bits per heavy atom. The summed E-state index contributed by atoms with van der Waals surface area (Å²) in [5.74, 6) is 3.23. The Morgan fingerprint density at radius 2 is 1.70 bits per heavy atom. The van der Waals surface area contributed by atoms with Gasteiger partial charge in [-0.15, -0.1) is 0 Å². The lowest BCUT2D eigenvalue weighted by Crippen LogP contribution is -2.56. The van der Waals surface area contributed by atoms with Gasteiger partial charge in [-0.05, 0) is 80.5 Å². The molecule has 0 saturated heterocycles. The number of nitrogens with one attached hydrogen (secondary N) is 2. The zero-order valence-corrected chi connectivity index (χ0v) is 17.3. The van der Waals surface area contributed by atoms with Crippen molar-refractivity contribution in [1.29, 1.82) is 0 Å². The van der Waals surface area contributed by atoms with Gasteiger partial charge in [0, 0.05) is 25.0 Å². The Morgan fingerprint density at radius 1 is 1.07 bits per heavy atom. The molecule has 0 unspecified atom stereocenters. The van der Waals surface area contributed by atoms with Gasteiger partial charge in [-0.25, -0.2) is 4.98 Å². The maximum atomic E-state index is 13.0. The third kappa shape index (κ3) is 3.57. The fourth-order valence-corrected chi connectivity index (χ4v) is 6.09. The van der Waals surface area contributed by atoms with Crippen LogP contribution in [0.25, 0.3) is 0 Å². The van der Waals surface area contributed by atoms with Crippen molar-refractivity contribution in [2.24, 2.45) is 30.2 Å². The summed E-state index contributed by atoms with van der Waals surface area (Å²) >= 11 is 0. The molecule has 4 saturated carbocycles. The highest BCUT2D eigenvalue weighted by molar-refractivity contribution is 5.96. The van der Waals surface area contributed by atoms with Gasteiger partial charge < -0.3 is 9.30 Å². The molecule has 158 valence electrons. The average molecular weight is 409 g/mol. The summed E-state index contributed by atoms with van der Waals surface area (Å²) in [6.45, 7) is 0.357. The van der Waals surface area contributed by atoms with Gasteiger partial charge in [0.25, 0.3) is 5.91 Å². The van der Waals surface area contributed by atoms with Crippen LogP contribution in [0.5, 0.6) is 5.75 Å². The minimum absolute atomic E-state index is 0.00929. The molecule has 6 rings (SSSR count). The number of hydrogen-bond donors (Lipinski definition) is 2. The van der Waals surface area contributed by atoms with Gasteiger partial charge in [0.15, 0.2) is 0 Å². The summed E-state index contributed by atoms with van der Waals surface area (Å²) in [7, 11) is 1.91. The first-order chi connectivity index (χ1) is 14.5. The topological polar surface area (TPSA) is 85.2 Å². The summed E-state index contributed by atoms with van der Waals surface area (Å²) < 4.78 is 7.61. The predicted octanol–water partition coefficient (Wildman–Crippen LogP) is 2.98. The molecular weight excluding hydrogens is 380 g/mol. The van der Waals surface area contributed by atoms with Crippen molar-refractivity contribution in [3.63, 3.8) is 0 Å². The van der Waals surface area contributed by atoms with E-state index in [9.17, 15) is 9.59 Å². The SMILES string of the molecule is Cn1ccnc1COc1ccc(C(=O)NNC(=O)C23CC4CC(CC(C4)C2)C3)cc1. The van der Waals surface area contributed by atoms with Crippen LogP contribution in [0.3, 0.4) is 0 Å². The van der Waals surface area contributed by atoms with Gasteiger partial charge in [0.05, 0.1) is 5.41 Å². The molecule has 0 spiro atoms. The molecule has 2 N–H and O–H groups in total. The molecule has 7 heteroatoms. The Bertz CT molecular complexity index is 914. The normalized spacial score (nSPS) is 28.9. The van der Waals surface area contributed by atoms with E-state index >= 15 is 0 Å². The summed E-state index contributed by atoms with van der Waals surface area (Å²) in [4.78, 5) is 29.7. The van der Waals surface area contributed by atoms with Gasteiger partial charge in [0.2, 0.25) is 5.91 Å². The number of imidazole rings is 1.